The maximum absolute atomic E-state index is 12.9. The Hall–Kier alpha value is -2.82. The number of hydrogen-bond acceptors (Lipinski definition) is 3. The van der Waals surface area contributed by atoms with E-state index < -0.39 is 0 Å². The Balaban J connectivity index is 1.27. The predicted octanol–water partition coefficient (Wildman–Crippen LogP) is 4.08. The van der Waals surface area contributed by atoms with Gasteiger partial charge in [-0.25, -0.2) is 0 Å². The molecule has 5 nitrogen and oxygen atoms in total. The SMILES string of the molecule is O=C(NC1CCC(C(=O)NCC2CC2)CC1)c1ccccc1OCc1ccccc1. The summed E-state index contributed by atoms with van der Waals surface area (Å²) < 4.78 is 5.92. The van der Waals surface area contributed by atoms with Crippen molar-refractivity contribution in [2.75, 3.05) is 6.54 Å². The van der Waals surface area contributed by atoms with Crippen LogP contribution >= 0.6 is 0 Å². The van der Waals surface area contributed by atoms with E-state index in [9.17, 15) is 9.59 Å². The van der Waals surface area contributed by atoms with Gasteiger partial charge >= 0.3 is 0 Å². The van der Waals surface area contributed by atoms with Crippen LogP contribution in [0.2, 0.25) is 0 Å². The van der Waals surface area contributed by atoms with Crippen molar-refractivity contribution < 1.29 is 14.3 Å². The molecule has 0 saturated heterocycles. The largest absolute Gasteiger partial charge is 0.488 e. The maximum Gasteiger partial charge on any atom is 0.255 e. The van der Waals surface area contributed by atoms with Crippen LogP contribution in [0, 0.1) is 11.8 Å². The standard InChI is InChI=1S/C25H30N2O3/c28-24(26-16-18-10-11-18)20-12-14-21(15-13-20)27-25(29)22-8-4-5-9-23(22)30-17-19-6-2-1-3-7-19/h1-9,18,20-21H,10-17H2,(H,26,28)(H,27,29). The lowest BCUT2D eigenvalue weighted by Gasteiger charge is -2.28. The molecule has 5 heteroatoms. The Morgan fingerprint density at radius 2 is 1.57 bits per heavy atom. The summed E-state index contributed by atoms with van der Waals surface area (Å²) in [7, 11) is 0. The zero-order chi connectivity index (χ0) is 20.8. The number of para-hydroxylation sites is 1. The zero-order valence-corrected chi connectivity index (χ0v) is 17.3. The summed E-state index contributed by atoms with van der Waals surface area (Å²) in [5.41, 5.74) is 1.61. The second-order valence-corrected chi connectivity index (χ2v) is 8.48. The molecule has 2 aromatic rings. The molecule has 0 radical (unpaired) electrons. The minimum atomic E-state index is -0.111. The molecule has 2 N–H and O–H groups in total. The second-order valence-electron chi connectivity index (χ2n) is 8.48. The lowest BCUT2D eigenvalue weighted by Crippen LogP contribution is -2.41. The van der Waals surface area contributed by atoms with E-state index in [0.29, 0.717) is 23.8 Å². The van der Waals surface area contributed by atoms with E-state index in [1.54, 1.807) is 6.07 Å². The van der Waals surface area contributed by atoms with Gasteiger partial charge in [-0.05, 0) is 62.1 Å². The molecule has 0 spiro atoms. The van der Waals surface area contributed by atoms with Crippen molar-refractivity contribution in [1.29, 1.82) is 0 Å². The molecule has 0 bridgehead atoms. The number of nitrogens with one attached hydrogen (secondary N) is 2. The number of amides is 2. The number of benzene rings is 2. The highest BCUT2D eigenvalue weighted by Gasteiger charge is 2.29. The summed E-state index contributed by atoms with van der Waals surface area (Å²) in [6.07, 6.45) is 5.81. The molecule has 2 aliphatic rings. The molecule has 30 heavy (non-hydrogen) atoms. The third-order valence-electron chi connectivity index (χ3n) is 6.06. The third-order valence-corrected chi connectivity index (χ3v) is 6.06. The summed E-state index contributed by atoms with van der Waals surface area (Å²) in [5, 5.41) is 6.23. The molecule has 158 valence electrons. The first-order valence-electron chi connectivity index (χ1n) is 11.0. The average molecular weight is 407 g/mol. The van der Waals surface area contributed by atoms with Crippen LogP contribution in [-0.4, -0.2) is 24.4 Å². The highest BCUT2D eigenvalue weighted by molar-refractivity contribution is 5.97. The van der Waals surface area contributed by atoms with Gasteiger partial charge in [-0.1, -0.05) is 42.5 Å². The van der Waals surface area contributed by atoms with Gasteiger partial charge in [0.1, 0.15) is 12.4 Å². The van der Waals surface area contributed by atoms with E-state index in [4.69, 9.17) is 4.74 Å². The van der Waals surface area contributed by atoms with Crippen LogP contribution in [0.4, 0.5) is 0 Å². The molecule has 4 rings (SSSR count). The molecule has 2 amide bonds. The monoisotopic (exact) mass is 406 g/mol. The fraction of sp³-hybridized carbons (Fsp3) is 0.440. The van der Waals surface area contributed by atoms with E-state index in [-0.39, 0.29) is 23.8 Å². The van der Waals surface area contributed by atoms with E-state index in [0.717, 1.165) is 37.8 Å². The summed E-state index contributed by atoms with van der Waals surface area (Å²) in [6.45, 7) is 1.25. The molecule has 0 aliphatic heterocycles. The first-order valence-corrected chi connectivity index (χ1v) is 11.0. The Labute approximate surface area is 178 Å². The second kappa shape index (κ2) is 9.79. The lowest BCUT2D eigenvalue weighted by atomic mass is 9.85. The fourth-order valence-electron chi connectivity index (χ4n) is 3.99. The van der Waals surface area contributed by atoms with Crippen LogP contribution < -0.4 is 15.4 Å². The molecule has 0 atom stereocenters. The average Bonchev–Trinajstić information content (AvgIpc) is 3.62. The first kappa shape index (κ1) is 20.5. The Bertz CT molecular complexity index is 856. The molecule has 2 fully saturated rings. The Morgan fingerprint density at radius 3 is 2.30 bits per heavy atom. The van der Waals surface area contributed by atoms with Gasteiger partial charge in [0.25, 0.3) is 5.91 Å². The number of ether oxygens (including phenoxy) is 1. The van der Waals surface area contributed by atoms with Crippen LogP contribution in [0.25, 0.3) is 0 Å². The van der Waals surface area contributed by atoms with Gasteiger partial charge in [0, 0.05) is 18.5 Å². The van der Waals surface area contributed by atoms with Gasteiger partial charge < -0.3 is 15.4 Å². The molecule has 2 saturated carbocycles. The highest BCUT2D eigenvalue weighted by atomic mass is 16.5. The smallest absolute Gasteiger partial charge is 0.255 e. The van der Waals surface area contributed by atoms with Crippen LogP contribution in [0.5, 0.6) is 5.75 Å². The number of carbonyl (C=O) groups excluding carboxylic acids is 2. The number of hydrogen-bond donors (Lipinski definition) is 2. The van der Waals surface area contributed by atoms with Gasteiger partial charge in [0.05, 0.1) is 5.56 Å². The minimum Gasteiger partial charge on any atom is -0.488 e. The van der Waals surface area contributed by atoms with E-state index in [2.05, 4.69) is 10.6 Å². The van der Waals surface area contributed by atoms with Crippen molar-refractivity contribution in [3.8, 4) is 5.75 Å². The molecule has 0 heterocycles. The van der Waals surface area contributed by atoms with Gasteiger partial charge in [-0.2, -0.15) is 0 Å². The van der Waals surface area contributed by atoms with Gasteiger partial charge in [-0.3, -0.25) is 9.59 Å². The minimum absolute atomic E-state index is 0.0818. The van der Waals surface area contributed by atoms with Crippen molar-refractivity contribution in [2.45, 2.75) is 51.2 Å². The van der Waals surface area contributed by atoms with E-state index >= 15 is 0 Å². The van der Waals surface area contributed by atoms with Crippen molar-refractivity contribution in [3.05, 3.63) is 65.7 Å². The van der Waals surface area contributed by atoms with Crippen LogP contribution in [-0.2, 0) is 11.4 Å². The topological polar surface area (TPSA) is 67.4 Å². The predicted molar refractivity (Wildman–Crippen MR) is 116 cm³/mol. The maximum atomic E-state index is 12.9. The normalized spacial score (nSPS) is 20.9. The Kier molecular flexibility index (Phi) is 6.67. The van der Waals surface area contributed by atoms with Crippen molar-refractivity contribution in [1.82, 2.24) is 10.6 Å². The first-order chi connectivity index (χ1) is 14.7. The zero-order valence-electron chi connectivity index (χ0n) is 17.3. The van der Waals surface area contributed by atoms with Gasteiger partial charge in [0.15, 0.2) is 0 Å². The van der Waals surface area contributed by atoms with Crippen LogP contribution in [0.1, 0.15) is 54.4 Å². The lowest BCUT2D eigenvalue weighted by molar-refractivity contribution is -0.126. The number of carbonyl (C=O) groups is 2. The van der Waals surface area contributed by atoms with E-state index in [1.807, 2.05) is 48.5 Å². The molecule has 2 aromatic carbocycles. The summed E-state index contributed by atoms with van der Waals surface area (Å²) in [6, 6.07) is 17.4. The molecular formula is C25H30N2O3. The third kappa shape index (κ3) is 5.62. The molecule has 0 aromatic heterocycles. The highest BCUT2D eigenvalue weighted by Crippen LogP contribution is 2.29. The van der Waals surface area contributed by atoms with Gasteiger partial charge in [0.2, 0.25) is 5.91 Å². The van der Waals surface area contributed by atoms with Gasteiger partial charge in [-0.15, -0.1) is 0 Å². The molecule has 0 unspecified atom stereocenters. The fourth-order valence-corrected chi connectivity index (χ4v) is 3.99. The van der Waals surface area contributed by atoms with Crippen molar-refractivity contribution in [2.24, 2.45) is 11.8 Å². The summed E-state index contributed by atoms with van der Waals surface area (Å²) in [4.78, 5) is 25.2. The summed E-state index contributed by atoms with van der Waals surface area (Å²) >= 11 is 0. The van der Waals surface area contributed by atoms with E-state index in [1.165, 1.54) is 12.8 Å². The number of rotatable bonds is 8. The Morgan fingerprint density at radius 1 is 0.867 bits per heavy atom. The van der Waals surface area contributed by atoms with Crippen LogP contribution in [0.15, 0.2) is 54.6 Å². The van der Waals surface area contributed by atoms with Crippen molar-refractivity contribution in [3.63, 3.8) is 0 Å². The van der Waals surface area contributed by atoms with Crippen molar-refractivity contribution >= 4 is 11.8 Å². The summed E-state index contributed by atoms with van der Waals surface area (Å²) in [5.74, 6) is 1.45. The molecular weight excluding hydrogens is 376 g/mol. The van der Waals surface area contributed by atoms with Crippen LogP contribution in [0.3, 0.4) is 0 Å². The quantitative estimate of drug-likeness (QED) is 0.694. The molecule has 2 aliphatic carbocycles.